The molecule has 0 unspecified atom stereocenters. The van der Waals surface area contributed by atoms with Gasteiger partial charge < -0.3 is 10.1 Å². The van der Waals surface area contributed by atoms with Crippen molar-refractivity contribution in [3.8, 4) is 0 Å². The number of rotatable bonds is 6. The van der Waals surface area contributed by atoms with Gasteiger partial charge in [0, 0.05) is 24.7 Å². The van der Waals surface area contributed by atoms with Crippen LogP contribution in [0.4, 0.5) is 14.6 Å². The Kier molecular flexibility index (Phi) is 5.64. The predicted octanol–water partition coefficient (Wildman–Crippen LogP) is 2.61. The number of nitrogens with one attached hydrogen (secondary N) is 1. The Balaban J connectivity index is 2.04. The molecule has 1 heterocycles. The number of hydrogen-bond acceptors (Lipinski definition) is 4. The van der Waals surface area contributed by atoms with Gasteiger partial charge in [-0.05, 0) is 25.7 Å². The molecule has 0 fully saturated rings. The topological polar surface area (TPSA) is 47.0 Å². The molecule has 0 spiro atoms. The zero-order chi connectivity index (χ0) is 14.4. The Bertz CT molecular complexity index is 441. The van der Waals surface area contributed by atoms with Crippen LogP contribution in [0, 0.1) is 0 Å². The van der Waals surface area contributed by atoms with Crippen LogP contribution in [0.3, 0.4) is 0 Å². The molecule has 112 valence electrons. The lowest BCUT2D eigenvalue weighted by atomic mass is 10.1. The van der Waals surface area contributed by atoms with Crippen LogP contribution in [0.5, 0.6) is 0 Å². The number of ether oxygens (including phenoxy) is 1. The van der Waals surface area contributed by atoms with Gasteiger partial charge in [-0.1, -0.05) is 6.42 Å². The first-order chi connectivity index (χ1) is 9.70. The van der Waals surface area contributed by atoms with E-state index in [1.165, 1.54) is 18.4 Å². The fourth-order valence-electron chi connectivity index (χ4n) is 2.48. The molecular weight excluding hydrogens is 264 g/mol. The number of nitrogens with zero attached hydrogens (tertiary/aromatic N) is 2. The van der Waals surface area contributed by atoms with Gasteiger partial charge in [-0.15, -0.1) is 0 Å². The summed E-state index contributed by atoms with van der Waals surface area (Å²) in [6.45, 7) is -0.296. The van der Waals surface area contributed by atoms with Gasteiger partial charge in [0.15, 0.2) is 0 Å². The average molecular weight is 285 g/mol. The number of halogens is 2. The highest BCUT2D eigenvalue weighted by Gasteiger charge is 2.16. The normalized spacial score (nSPS) is 15.0. The smallest absolute Gasteiger partial charge is 0.261 e. The zero-order valence-corrected chi connectivity index (χ0v) is 11.8. The van der Waals surface area contributed by atoms with Gasteiger partial charge in [0.05, 0.1) is 6.61 Å². The second-order valence-electron chi connectivity index (χ2n) is 4.94. The summed E-state index contributed by atoms with van der Waals surface area (Å²) in [5.74, 6) is 1.55. The third-order valence-electron chi connectivity index (χ3n) is 3.43. The van der Waals surface area contributed by atoms with E-state index in [-0.39, 0.29) is 6.61 Å². The van der Waals surface area contributed by atoms with E-state index in [0.717, 1.165) is 30.8 Å². The van der Waals surface area contributed by atoms with Crippen LogP contribution in [0.2, 0.25) is 0 Å². The van der Waals surface area contributed by atoms with Crippen molar-refractivity contribution in [3.63, 3.8) is 0 Å². The van der Waals surface area contributed by atoms with E-state index in [1.807, 2.05) is 7.05 Å². The SMILES string of the molecule is CNc1nc(CCOCC(F)F)nc2c1CCCCC2. The van der Waals surface area contributed by atoms with Crippen molar-refractivity contribution in [2.45, 2.75) is 45.0 Å². The molecular formula is C14H21F2N3O. The molecule has 1 aliphatic carbocycles. The Morgan fingerprint density at radius 3 is 2.75 bits per heavy atom. The van der Waals surface area contributed by atoms with Crippen LogP contribution in [0.15, 0.2) is 0 Å². The molecule has 0 amide bonds. The maximum atomic E-state index is 12.0. The molecule has 0 bridgehead atoms. The van der Waals surface area contributed by atoms with E-state index >= 15 is 0 Å². The maximum Gasteiger partial charge on any atom is 0.261 e. The summed E-state index contributed by atoms with van der Waals surface area (Å²) in [5.41, 5.74) is 2.31. The van der Waals surface area contributed by atoms with Crippen molar-refractivity contribution in [2.24, 2.45) is 0 Å². The van der Waals surface area contributed by atoms with E-state index in [0.29, 0.717) is 12.2 Å². The molecule has 4 nitrogen and oxygen atoms in total. The average Bonchev–Trinajstić information content (AvgIpc) is 2.67. The largest absolute Gasteiger partial charge is 0.375 e. The van der Waals surface area contributed by atoms with Crippen molar-refractivity contribution >= 4 is 5.82 Å². The lowest BCUT2D eigenvalue weighted by Gasteiger charge is -2.13. The van der Waals surface area contributed by atoms with Crippen molar-refractivity contribution in [2.75, 3.05) is 25.6 Å². The molecule has 0 radical (unpaired) electrons. The lowest BCUT2D eigenvalue weighted by Crippen LogP contribution is -2.12. The standard InChI is InChI=1S/C14H21F2N3O/c1-17-14-10-5-3-2-4-6-11(10)18-13(19-14)7-8-20-9-12(15)16/h12H,2-9H2,1H3,(H,17,18,19). The van der Waals surface area contributed by atoms with Crippen molar-refractivity contribution in [1.29, 1.82) is 0 Å². The first-order valence-corrected chi connectivity index (χ1v) is 7.13. The summed E-state index contributed by atoms with van der Waals surface area (Å²) in [5, 5.41) is 3.12. The first-order valence-electron chi connectivity index (χ1n) is 7.13. The zero-order valence-electron chi connectivity index (χ0n) is 11.8. The van der Waals surface area contributed by atoms with Gasteiger partial charge in [0.25, 0.3) is 6.43 Å². The van der Waals surface area contributed by atoms with Gasteiger partial charge in [0.1, 0.15) is 18.2 Å². The first kappa shape index (κ1) is 15.1. The fraction of sp³-hybridized carbons (Fsp3) is 0.714. The van der Waals surface area contributed by atoms with Crippen molar-refractivity contribution in [3.05, 3.63) is 17.1 Å². The summed E-state index contributed by atoms with van der Waals surface area (Å²) < 4.78 is 28.9. The van der Waals surface area contributed by atoms with Crippen molar-refractivity contribution in [1.82, 2.24) is 9.97 Å². The second-order valence-corrected chi connectivity index (χ2v) is 4.94. The molecule has 1 aliphatic rings. The van der Waals surface area contributed by atoms with Crippen LogP contribution in [-0.2, 0) is 24.0 Å². The fourth-order valence-corrected chi connectivity index (χ4v) is 2.48. The minimum absolute atomic E-state index is 0.228. The summed E-state index contributed by atoms with van der Waals surface area (Å²) >= 11 is 0. The van der Waals surface area contributed by atoms with Crippen LogP contribution in [0.1, 0.15) is 36.3 Å². The number of fused-ring (bicyclic) bond motifs is 1. The van der Waals surface area contributed by atoms with E-state index in [9.17, 15) is 8.78 Å². The molecule has 0 saturated carbocycles. The highest BCUT2D eigenvalue weighted by Crippen LogP contribution is 2.24. The summed E-state index contributed by atoms with van der Waals surface area (Å²) in [6.07, 6.45) is 3.55. The summed E-state index contributed by atoms with van der Waals surface area (Å²) in [4.78, 5) is 9.05. The molecule has 1 N–H and O–H groups in total. The van der Waals surface area contributed by atoms with Crippen LogP contribution < -0.4 is 5.32 Å². The van der Waals surface area contributed by atoms with Gasteiger partial charge in [-0.25, -0.2) is 18.7 Å². The molecule has 1 aromatic rings. The predicted molar refractivity (Wildman–Crippen MR) is 73.4 cm³/mol. The van der Waals surface area contributed by atoms with E-state index < -0.39 is 13.0 Å². The quantitative estimate of drug-likeness (QED) is 0.644. The highest BCUT2D eigenvalue weighted by molar-refractivity contribution is 5.46. The molecule has 1 aromatic heterocycles. The van der Waals surface area contributed by atoms with Crippen LogP contribution in [0.25, 0.3) is 0 Å². The third-order valence-corrected chi connectivity index (χ3v) is 3.43. The molecule has 6 heteroatoms. The van der Waals surface area contributed by atoms with Gasteiger partial charge >= 0.3 is 0 Å². The number of anilines is 1. The monoisotopic (exact) mass is 285 g/mol. The van der Waals surface area contributed by atoms with Crippen molar-refractivity contribution < 1.29 is 13.5 Å². The minimum atomic E-state index is -2.42. The molecule has 0 aliphatic heterocycles. The molecule has 0 saturated heterocycles. The molecule has 0 atom stereocenters. The molecule has 2 rings (SSSR count). The lowest BCUT2D eigenvalue weighted by molar-refractivity contribution is 0.0183. The number of alkyl halides is 2. The van der Waals surface area contributed by atoms with Gasteiger partial charge in [-0.2, -0.15) is 0 Å². The highest BCUT2D eigenvalue weighted by atomic mass is 19.3. The van der Waals surface area contributed by atoms with Crippen LogP contribution >= 0.6 is 0 Å². The van der Waals surface area contributed by atoms with E-state index in [4.69, 9.17) is 4.74 Å². The Labute approximate surface area is 118 Å². The Hall–Kier alpha value is -1.30. The number of aryl methyl sites for hydroxylation is 1. The number of hydrogen-bond donors (Lipinski definition) is 1. The third kappa shape index (κ3) is 4.10. The van der Waals surface area contributed by atoms with E-state index in [1.54, 1.807) is 0 Å². The number of aromatic nitrogens is 2. The second kappa shape index (κ2) is 7.47. The van der Waals surface area contributed by atoms with Gasteiger partial charge in [-0.3, -0.25) is 0 Å². The van der Waals surface area contributed by atoms with Gasteiger partial charge in [0.2, 0.25) is 0 Å². The van der Waals surface area contributed by atoms with E-state index in [2.05, 4.69) is 15.3 Å². The minimum Gasteiger partial charge on any atom is -0.375 e. The Morgan fingerprint density at radius 2 is 2.00 bits per heavy atom. The Morgan fingerprint density at radius 1 is 1.20 bits per heavy atom. The van der Waals surface area contributed by atoms with Crippen LogP contribution in [-0.4, -0.2) is 36.7 Å². The molecule has 0 aromatic carbocycles. The maximum absolute atomic E-state index is 12.0. The molecule has 20 heavy (non-hydrogen) atoms. The summed E-state index contributed by atoms with van der Waals surface area (Å²) in [6, 6.07) is 0. The summed E-state index contributed by atoms with van der Waals surface area (Å²) in [7, 11) is 1.85.